The fraction of sp³-hybridized carbons (Fsp3) is 0.483. The second kappa shape index (κ2) is 13.4. The van der Waals surface area contributed by atoms with Crippen molar-refractivity contribution >= 4 is 43.1 Å². The molecule has 1 aromatic heterocycles. The number of aromatic nitrogens is 2. The van der Waals surface area contributed by atoms with Crippen molar-refractivity contribution in [1.29, 1.82) is 0 Å². The van der Waals surface area contributed by atoms with Crippen molar-refractivity contribution in [3.8, 4) is 0 Å². The predicted octanol–water partition coefficient (Wildman–Crippen LogP) is 3.07. The van der Waals surface area contributed by atoms with Gasteiger partial charge in [0.15, 0.2) is 0 Å². The summed E-state index contributed by atoms with van der Waals surface area (Å²) in [4.78, 5) is 4.23. The molecule has 0 spiro atoms. The Morgan fingerprint density at radius 3 is 2.15 bits per heavy atom. The van der Waals surface area contributed by atoms with Crippen LogP contribution >= 0.6 is 0 Å². The van der Waals surface area contributed by atoms with E-state index < -0.39 is 35.3 Å². The molecule has 0 aliphatic rings. The normalized spacial score (nSPS) is 15.2. The van der Waals surface area contributed by atoms with Gasteiger partial charge in [0, 0.05) is 0 Å². The number of nitrogens with zero attached hydrogens (tertiary/aromatic N) is 3. The Morgan fingerprint density at radius 1 is 1.02 bits per heavy atom. The van der Waals surface area contributed by atoms with Crippen LogP contribution in [0.2, 0.25) is 22.9 Å². The maximum atomic E-state index is 13.7. The van der Waals surface area contributed by atoms with Crippen molar-refractivity contribution in [3.63, 3.8) is 0 Å². The van der Waals surface area contributed by atoms with Gasteiger partial charge in [-0.3, -0.25) is 0 Å². The summed E-state index contributed by atoms with van der Waals surface area (Å²) in [6.07, 6.45) is -0.248. The molecule has 11 heteroatoms. The third kappa shape index (κ3) is 7.71. The first-order valence-electron chi connectivity index (χ1n) is 13.4. The minimum atomic E-state index is -3.98. The van der Waals surface area contributed by atoms with Crippen molar-refractivity contribution in [2.24, 2.45) is 0 Å². The maximum absolute atomic E-state index is 13.7. The third-order valence-electron chi connectivity index (χ3n) is 7.48. The Labute approximate surface area is 246 Å². The van der Waals surface area contributed by atoms with Crippen LogP contribution in [-0.4, -0.2) is 81.7 Å². The van der Waals surface area contributed by atoms with Gasteiger partial charge in [0.05, 0.1) is 0 Å². The second-order valence-corrected chi connectivity index (χ2v) is 21.7. The molecule has 0 saturated carbocycles. The number of rotatable bonds is 13. The Balaban J connectivity index is 1.97. The molecule has 0 aliphatic carbocycles. The van der Waals surface area contributed by atoms with Crippen LogP contribution in [-0.2, 0) is 21.6 Å². The molecule has 3 atom stereocenters. The van der Waals surface area contributed by atoms with Gasteiger partial charge in [0.1, 0.15) is 0 Å². The summed E-state index contributed by atoms with van der Waals surface area (Å²) >= 11 is -0.269. The zero-order chi connectivity index (χ0) is 29.7. The van der Waals surface area contributed by atoms with Gasteiger partial charge in [0.25, 0.3) is 0 Å². The van der Waals surface area contributed by atoms with E-state index in [1.54, 1.807) is 0 Å². The number of aliphatic hydroxyl groups excluding tert-OH is 2. The zero-order valence-corrected chi connectivity index (χ0v) is 28.0. The average molecular weight is 653 g/mol. The monoisotopic (exact) mass is 653 g/mol. The molecule has 0 aliphatic heterocycles. The first-order valence-corrected chi connectivity index (χ1v) is 19.6. The molecule has 1 heterocycles. The molecule has 3 rings (SSSR count). The number of aliphatic hydroxyl groups is 2. The number of ether oxygens (including phenoxy) is 1. The number of hydrogen-bond acceptors (Lipinski definition) is 6. The molecule has 2 aromatic carbocycles. The molecule has 0 bridgehead atoms. The van der Waals surface area contributed by atoms with Crippen LogP contribution in [0.3, 0.4) is 0 Å². The van der Waals surface area contributed by atoms with Crippen LogP contribution in [0.1, 0.15) is 44.6 Å². The van der Waals surface area contributed by atoms with Crippen LogP contribution < -0.4 is 9.91 Å². The van der Waals surface area contributed by atoms with Crippen LogP contribution in [0.15, 0.2) is 66.9 Å². The molecular weight excluding hydrogens is 609 g/mol. The molecule has 0 unspecified atom stereocenters. The number of imidazole rings is 1. The topological polar surface area (TPSA) is 105 Å². The molecule has 220 valence electrons. The quantitative estimate of drug-likeness (QED) is 0.275. The van der Waals surface area contributed by atoms with E-state index in [-0.39, 0.29) is 38.7 Å². The first-order chi connectivity index (χ1) is 18.7. The fourth-order valence-electron chi connectivity index (χ4n) is 4.04. The average Bonchev–Trinajstić information content (AvgIpc) is 3.35. The van der Waals surface area contributed by atoms with Gasteiger partial charge in [-0.25, -0.2) is 0 Å². The van der Waals surface area contributed by atoms with Gasteiger partial charge < -0.3 is 0 Å². The minimum absolute atomic E-state index is 0.105. The van der Waals surface area contributed by atoms with E-state index in [0.717, 1.165) is 14.3 Å². The number of benzene rings is 2. The first kappa shape index (κ1) is 32.7. The van der Waals surface area contributed by atoms with Gasteiger partial charge in [0.2, 0.25) is 0 Å². The van der Waals surface area contributed by atoms with E-state index in [2.05, 4.69) is 38.8 Å². The van der Waals surface area contributed by atoms with Crippen molar-refractivity contribution in [2.75, 3.05) is 20.7 Å². The zero-order valence-electron chi connectivity index (χ0n) is 24.5. The van der Waals surface area contributed by atoms with E-state index in [9.17, 15) is 18.6 Å². The van der Waals surface area contributed by atoms with Crippen LogP contribution in [0.5, 0.6) is 0 Å². The van der Waals surface area contributed by atoms with E-state index in [4.69, 9.17) is 4.74 Å². The van der Waals surface area contributed by atoms with Crippen molar-refractivity contribution in [1.82, 2.24) is 13.3 Å². The molecule has 40 heavy (non-hydrogen) atoms. The van der Waals surface area contributed by atoms with Crippen LogP contribution in [0.25, 0.3) is 0 Å². The SMILES string of the molecule is CN(C)S(=O)(=O)n1c([C@H](O)[C@H](C[C@@H](O)COCc2ccccc2)[Se]c2ccccc2)cnc1[Si](C)(C)C(C)(C)C. The van der Waals surface area contributed by atoms with Crippen LogP contribution in [0.4, 0.5) is 0 Å². The van der Waals surface area contributed by atoms with E-state index in [1.165, 1.54) is 24.3 Å². The van der Waals surface area contributed by atoms with E-state index in [1.807, 2.05) is 60.7 Å². The van der Waals surface area contributed by atoms with Gasteiger partial charge in [-0.2, -0.15) is 0 Å². The fourth-order valence-corrected chi connectivity index (χ4v) is 10.4. The summed E-state index contributed by atoms with van der Waals surface area (Å²) in [5, 5.41) is 22.6. The van der Waals surface area contributed by atoms with E-state index >= 15 is 0 Å². The summed E-state index contributed by atoms with van der Waals surface area (Å²) in [5.41, 5.74) is 1.74. The van der Waals surface area contributed by atoms with Crippen molar-refractivity contribution in [3.05, 3.63) is 78.1 Å². The van der Waals surface area contributed by atoms with Gasteiger partial charge in [-0.15, -0.1) is 0 Å². The van der Waals surface area contributed by atoms with Gasteiger partial charge in [-0.05, 0) is 0 Å². The summed E-state index contributed by atoms with van der Waals surface area (Å²) in [7, 11) is -3.43. The standard InChI is InChI=1S/C29H43N3O5SSeSi/c1-29(2,3)40(6,7)28-30-19-25(32(28)38(35,36)31(4)5)27(34)26(39-24-16-12-9-13-17-24)18-23(33)21-37-20-22-14-10-8-11-15-22/h8-17,19,23,26-27,33-34H,18,20-21H2,1-7H3/t23-,26+,27+/m1/s1. The molecule has 8 nitrogen and oxygen atoms in total. The number of hydrogen-bond donors (Lipinski definition) is 2. The Hall–Kier alpha value is -1.82. The molecule has 0 fully saturated rings. The molecule has 0 radical (unpaired) electrons. The second-order valence-electron chi connectivity index (χ2n) is 11.7. The summed E-state index contributed by atoms with van der Waals surface area (Å²) in [6, 6.07) is 19.5. The summed E-state index contributed by atoms with van der Waals surface area (Å²) in [5.74, 6) is 0. The summed E-state index contributed by atoms with van der Waals surface area (Å²) < 4.78 is 36.6. The Morgan fingerprint density at radius 2 is 1.60 bits per heavy atom. The van der Waals surface area contributed by atoms with Gasteiger partial charge >= 0.3 is 248 Å². The Bertz CT molecular complexity index is 1330. The molecular formula is C29H43N3O5SSeSi. The van der Waals surface area contributed by atoms with Gasteiger partial charge in [-0.1, -0.05) is 0 Å². The summed E-state index contributed by atoms with van der Waals surface area (Å²) in [6.45, 7) is 11.0. The van der Waals surface area contributed by atoms with Crippen molar-refractivity contribution < 1.29 is 23.4 Å². The van der Waals surface area contributed by atoms with Crippen molar-refractivity contribution in [2.45, 2.75) is 69.0 Å². The molecule has 0 amide bonds. The molecule has 3 aromatic rings. The molecule has 0 saturated heterocycles. The predicted molar refractivity (Wildman–Crippen MR) is 164 cm³/mol. The Kier molecular flexibility index (Phi) is 11.0. The van der Waals surface area contributed by atoms with E-state index in [0.29, 0.717) is 12.1 Å². The third-order valence-corrected chi connectivity index (χ3v) is 17.4. The van der Waals surface area contributed by atoms with Crippen LogP contribution in [0, 0.1) is 0 Å². The molecule has 2 N–H and O–H groups in total.